The molecule has 0 radical (unpaired) electrons. The third kappa shape index (κ3) is 62.3. The molecule has 0 heterocycles. The highest BCUT2D eigenvalue weighted by molar-refractivity contribution is 5.66. The van der Waals surface area contributed by atoms with Crippen molar-refractivity contribution in [3.63, 3.8) is 0 Å². The summed E-state index contributed by atoms with van der Waals surface area (Å²) >= 11 is 0. The molecular formula is C49H100O6. The molecule has 0 atom stereocenters. The summed E-state index contributed by atoms with van der Waals surface area (Å²) in [5.74, 6) is -1.30. The molecule has 0 amide bonds. The highest BCUT2D eigenvalue weighted by Gasteiger charge is 2.13. The summed E-state index contributed by atoms with van der Waals surface area (Å²) in [6, 6.07) is 0. The second kappa shape index (κ2) is 50.9. The van der Waals surface area contributed by atoms with E-state index in [0.717, 1.165) is 25.7 Å². The maximum atomic E-state index is 10.4. The van der Waals surface area contributed by atoms with Crippen LogP contribution in [0.3, 0.4) is 0 Å². The molecule has 0 bridgehead atoms. The maximum Gasteiger partial charge on any atom is 0.303 e. The monoisotopic (exact) mass is 785 g/mol. The molecule has 0 aromatic carbocycles. The Morgan fingerprint density at radius 1 is 0.309 bits per heavy atom. The Morgan fingerprint density at radius 3 is 0.564 bits per heavy atom. The predicted octanol–water partition coefficient (Wildman–Crippen LogP) is 15.8. The summed E-state index contributed by atoms with van der Waals surface area (Å²) < 4.78 is 0. The van der Waals surface area contributed by atoms with E-state index in [2.05, 4.69) is 13.8 Å². The van der Waals surface area contributed by atoms with Crippen LogP contribution in [0.15, 0.2) is 0 Å². The van der Waals surface area contributed by atoms with Crippen molar-refractivity contribution in [3.8, 4) is 0 Å². The maximum absolute atomic E-state index is 10.4. The van der Waals surface area contributed by atoms with Crippen LogP contribution in [-0.4, -0.2) is 45.6 Å². The Balaban J connectivity index is -0.000000837. The van der Waals surface area contributed by atoms with E-state index in [9.17, 15) is 9.59 Å². The van der Waals surface area contributed by atoms with Crippen molar-refractivity contribution in [2.75, 3.05) is 13.2 Å². The SMILES string of the molecule is CC(C)(CO)CO.CCCCCCCCCCCCCCCCCCCCCC(=O)O.CCCCCCCCCCCCCCCCCCCCCC(=O)O. The lowest BCUT2D eigenvalue weighted by molar-refractivity contribution is -0.138. The Kier molecular flexibility index (Phi) is 53.8. The van der Waals surface area contributed by atoms with Gasteiger partial charge in [0.25, 0.3) is 0 Å². The number of hydrogen-bond donors (Lipinski definition) is 4. The van der Waals surface area contributed by atoms with Crippen molar-refractivity contribution in [1.29, 1.82) is 0 Å². The minimum absolute atomic E-state index is 0.0451. The summed E-state index contributed by atoms with van der Waals surface area (Å²) in [4.78, 5) is 20.8. The molecule has 0 rings (SSSR count). The zero-order chi connectivity index (χ0) is 41.4. The highest BCUT2D eigenvalue weighted by atomic mass is 16.4. The zero-order valence-corrected chi connectivity index (χ0v) is 37.8. The van der Waals surface area contributed by atoms with Gasteiger partial charge in [0.1, 0.15) is 0 Å². The third-order valence-corrected chi connectivity index (χ3v) is 10.8. The van der Waals surface area contributed by atoms with Crippen molar-refractivity contribution in [2.45, 2.75) is 285 Å². The quantitative estimate of drug-likeness (QED) is 0.0458. The van der Waals surface area contributed by atoms with Gasteiger partial charge < -0.3 is 20.4 Å². The van der Waals surface area contributed by atoms with Crippen LogP contribution in [0.4, 0.5) is 0 Å². The lowest BCUT2D eigenvalue weighted by atomic mass is 9.97. The third-order valence-electron chi connectivity index (χ3n) is 10.8. The Morgan fingerprint density at radius 2 is 0.455 bits per heavy atom. The van der Waals surface area contributed by atoms with Gasteiger partial charge in [0.15, 0.2) is 0 Å². The van der Waals surface area contributed by atoms with Gasteiger partial charge in [-0.3, -0.25) is 9.59 Å². The van der Waals surface area contributed by atoms with Crippen LogP contribution in [0, 0.1) is 5.41 Å². The molecule has 0 unspecified atom stereocenters. The van der Waals surface area contributed by atoms with Crippen LogP contribution in [0.5, 0.6) is 0 Å². The van der Waals surface area contributed by atoms with E-state index < -0.39 is 11.9 Å². The number of unbranched alkanes of at least 4 members (excludes halogenated alkanes) is 36. The van der Waals surface area contributed by atoms with Gasteiger partial charge in [-0.1, -0.05) is 259 Å². The summed E-state index contributed by atoms with van der Waals surface area (Å²) in [5, 5.41) is 34.0. The van der Waals surface area contributed by atoms with Crippen molar-refractivity contribution in [2.24, 2.45) is 5.41 Å². The normalized spacial score (nSPS) is 11.2. The molecule has 0 aliphatic heterocycles. The van der Waals surface area contributed by atoms with Gasteiger partial charge in [-0.2, -0.15) is 0 Å². The van der Waals surface area contributed by atoms with Gasteiger partial charge in [0.05, 0.1) is 13.2 Å². The number of carboxylic acids is 2. The molecule has 0 aliphatic carbocycles. The summed E-state index contributed by atoms with van der Waals surface area (Å²) in [7, 11) is 0. The minimum atomic E-state index is -0.651. The number of aliphatic hydroxyl groups is 2. The molecule has 55 heavy (non-hydrogen) atoms. The topological polar surface area (TPSA) is 115 Å². The van der Waals surface area contributed by atoms with Crippen LogP contribution in [0.25, 0.3) is 0 Å². The van der Waals surface area contributed by atoms with Gasteiger partial charge in [0, 0.05) is 18.3 Å². The molecule has 0 saturated carbocycles. The molecule has 0 fully saturated rings. The van der Waals surface area contributed by atoms with Crippen LogP contribution < -0.4 is 0 Å². The summed E-state index contributed by atoms with van der Waals surface area (Å²) in [5.41, 5.74) is -0.306. The second-order valence-electron chi connectivity index (χ2n) is 17.5. The average Bonchev–Trinajstić information content (AvgIpc) is 3.17. The van der Waals surface area contributed by atoms with Crippen LogP contribution in [0.1, 0.15) is 285 Å². The van der Waals surface area contributed by atoms with Gasteiger partial charge in [-0.25, -0.2) is 0 Å². The van der Waals surface area contributed by atoms with Gasteiger partial charge in [-0.05, 0) is 12.8 Å². The van der Waals surface area contributed by atoms with E-state index in [-0.39, 0.29) is 18.6 Å². The fraction of sp³-hybridized carbons (Fsp3) is 0.959. The van der Waals surface area contributed by atoms with Crippen LogP contribution in [0.2, 0.25) is 0 Å². The predicted molar refractivity (Wildman–Crippen MR) is 239 cm³/mol. The molecule has 332 valence electrons. The molecular weight excluding hydrogens is 685 g/mol. The molecule has 0 aromatic heterocycles. The highest BCUT2D eigenvalue weighted by Crippen LogP contribution is 2.17. The van der Waals surface area contributed by atoms with Crippen molar-refractivity contribution in [1.82, 2.24) is 0 Å². The fourth-order valence-corrected chi connectivity index (χ4v) is 6.76. The number of aliphatic hydroxyl groups excluding tert-OH is 2. The first-order chi connectivity index (χ1) is 26.7. The molecule has 0 aromatic rings. The number of carbonyl (C=O) groups is 2. The molecule has 6 heteroatoms. The van der Waals surface area contributed by atoms with E-state index in [1.54, 1.807) is 13.8 Å². The van der Waals surface area contributed by atoms with E-state index in [0.29, 0.717) is 12.8 Å². The van der Waals surface area contributed by atoms with Gasteiger partial charge >= 0.3 is 11.9 Å². The Hall–Kier alpha value is -1.14. The van der Waals surface area contributed by atoms with Gasteiger partial charge in [-0.15, -0.1) is 0 Å². The largest absolute Gasteiger partial charge is 0.481 e. The minimum Gasteiger partial charge on any atom is -0.481 e. The summed E-state index contributed by atoms with van der Waals surface area (Å²) in [6.45, 7) is 8.25. The van der Waals surface area contributed by atoms with E-state index >= 15 is 0 Å². The first-order valence-electron chi connectivity index (χ1n) is 24.3. The smallest absolute Gasteiger partial charge is 0.303 e. The number of hydrogen-bond acceptors (Lipinski definition) is 4. The fourth-order valence-electron chi connectivity index (χ4n) is 6.76. The Labute approximate surface area is 344 Å². The molecule has 6 nitrogen and oxygen atoms in total. The second-order valence-corrected chi connectivity index (χ2v) is 17.5. The lowest BCUT2D eigenvalue weighted by Crippen LogP contribution is -2.20. The van der Waals surface area contributed by atoms with E-state index in [1.165, 1.54) is 218 Å². The van der Waals surface area contributed by atoms with Crippen LogP contribution in [-0.2, 0) is 9.59 Å². The standard InChI is InChI=1S/2C22H44O2.C5H12O2/c2*1-2-3-4-5-6-7-8-9-10-11-12-13-14-15-16-17-18-19-20-21-22(23)24;1-5(2,3-6)4-7/h2*2-21H2,1H3,(H,23,24);6-7H,3-4H2,1-2H3. The first kappa shape index (κ1) is 58.2. The van der Waals surface area contributed by atoms with Crippen molar-refractivity contribution < 1.29 is 30.0 Å². The van der Waals surface area contributed by atoms with E-state index in [4.69, 9.17) is 20.4 Å². The van der Waals surface area contributed by atoms with Crippen molar-refractivity contribution in [3.05, 3.63) is 0 Å². The molecule has 0 spiro atoms. The van der Waals surface area contributed by atoms with E-state index in [1.807, 2.05) is 0 Å². The lowest BCUT2D eigenvalue weighted by Gasteiger charge is -2.16. The number of aliphatic carboxylic acids is 2. The zero-order valence-electron chi connectivity index (χ0n) is 37.8. The van der Waals surface area contributed by atoms with Gasteiger partial charge in [0.2, 0.25) is 0 Å². The summed E-state index contributed by atoms with van der Waals surface area (Å²) in [6.07, 6.45) is 52.2. The van der Waals surface area contributed by atoms with Crippen LogP contribution >= 0.6 is 0 Å². The molecule has 4 N–H and O–H groups in total. The number of carboxylic acid groups (broad SMARTS) is 2. The Bertz CT molecular complexity index is 666. The average molecular weight is 785 g/mol. The molecule has 0 saturated heterocycles. The first-order valence-corrected chi connectivity index (χ1v) is 24.3. The number of rotatable bonds is 42. The van der Waals surface area contributed by atoms with Crippen molar-refractivity contribution >= 4 is 11.9 Å². The molecule has 0 aliphatic rings.